The molecule has 0 bridgehead atoms. The van der Waals surface area contributed by atoms with Crippen LogP contribution < -0.4 is 11.3 Å². The number of aliphatic hydroxyl groups excluding tert-OH is 2. The SMILES string of the molecule is Nc1nc2c(ncn2COCCOC(CO)CO)c(=O)[nH]1. The fourth-order valence-electron chi connectivity index (χ4n) is 1.67. The zero-order chi connectivity index (χ0) is 15.2. The van der Waals surface area contributed by atoms with E-state index in [0.717, 1.165) is 0 Å². The van der Waals surface area contributed by atoms with Gasteiger partial charge in [0, 0.05) is 0 Å². The topological polar surface area (TPSA) is 149 Å². The first kappa shape index (κ1) is 15.4. The van der Waals surface area contributed by atoms with Crippen LogP contribution in [0.5, 0.6) is 0 Å². The Kier molecular flexibility index (Phi) is 5.22. The molecule has 0 spiro atoms. The highest BCUT2D eigenvalue weighted by atomic mass is 16.5. The van der Waals surface area contributed by atoms with Crippen LogP contribution in [0.3, 0.4) is 0 Å². The molecule has 5 N–H and O–H groups in total. The average molecular weight is 299 g/mol. The zero-order valence-electron chi connectivity index (χ0n) is 11.2. The van der Waals surface area contributed by atoms with Gasteiger partial charge in [0.1, 0.15) is 12.8 Å². The summed E-state index contributed by atoms with van der Waals surface area (Å²) >= 11 is 0. The van der Waals surface area contributed by atoms with Gasteiger partial charge in [-0.05, 0) is 0 Å². The van der Waals surface area contributed by atoms with Gasteiger partial charge in [-0.2, -0.15) is 4.98 Å². The second-order valence-electron chi connectivity index (χ2n) is 4.23. The predicted molar refractivity (Wildman–Crippen MR) is 72.4 cm³/mol. The van der Waals surface area contributed by atoms with E-state index >= 15 is 0 Å². The molecule has 10 nitrogen and oxygen atoms in total. The van der Waals surface area contributed by atoms with Crippen LogP contribution >= 0.6 is 0 Å². The Hall–Kier alpha value is -2.01. The predicted octanol–water partition coefficient (Wildman–Crippen LogP) is -1.95. The molecule has 2 aromatic heterocycles. The summed E-state index contributed by atoms with van der Waals surface area (Å²) in [5, 5.41) is 17.6. The maximum atomic E-state index is 11.6. The lowest BCUT2D eigenvalue weighted by atomic mass is 10.4. The molecule has 2 heterocycles. The minimum Gasteiger partial charge on any atom is -0.394 e. The molecule has 0 aliphatic rings. The molecule has 116 valence electrons. The van der Waals surface area contributed by atoms with Crippen LogP contribution in [0.4, 0.5) is 5.95 Å². The standard InChI is InChI=1S/C11H17N5O5/c12-11-14-9-8(10(19)15-11)13-5-16(9)6-20-1-2-21-7(3-17)4-18/h5,7,17-18H,1-4,6H2,(H3,12,14,15,19). The lowest BCUT2D eigenvalue weighted by Crippen LogP contribution is -2.24. The summed E-state index contributed by atoms with van der Waals surface area (Å²) in [4.78, 5) is 21.9. The van der Waals surface area contributed by atoms with E-state index in [4.69, 9.17) is 25.4 Å². The van der Waals surface area contributed by atoms with Gasteiger partial charge in [-0.1, -0.05) is 0 Å². The Balaban J connectivity index is 1.88. The van der Waals surface area contributed by atoms with Crippen LogP contribution in [0, 0.1) is 0 Å². The zero-order valence-corrected chi connectivity index (χ0v) is 11.2. The Morgan fingerprint density at radius 1 is 1.38 bits per heavy atom. The highest BCUT2D eigenvalue weighted by Crippen LogP contribution is 2.06. The summed E-state index contributed by atoms with van der Waals surface area (Å²) < 4.78 is 12.0. The number of H-pyrrole nitrogens is 1. The summed E-state index contributed by atoms with van der Waals surface area (Å²) in [6.45, 7) is 0.0747. The fraction of sp³-hybridized carbons (Fsp3) is 0.545. The molecule has 0 radical (unpaired) electrons. The van der Waals surface area contributed by atoms with E-state index in [-0.39, 0.29) is 44.6 Å². The van der Waals surface area contributed by atoms with Crippen molar-refractivity contribution in [3.63, 3.8) is 0 Å². The summed E-state index contributed by atoms with van der Waals surface area (Å²) in [5.74, 6) is 0.00585. The number of nitrogens with two attached hydrogens (primary N) is 1. The summed E-state index contributed by atoms with van der Waals surface area (Å²) in [7, 11) is 0. The van der Waals surface area contributed by atoms with Crippen LogP contribution in [0.1, 0.15) is 0 Å². The van der Waals surface area contributed by atoms with Crippen LogP contribution in [0.15, 0.2) is 11.1 Å². The maximum Gasteiger partial charge on any atom is 0.280 e. The fourth-order valence-corrected chi connectivity index (χ4v) is 1.67. The second kappa shape index (κ2) is 7.13. The third-order valence-electron chi connectivity index (χ3n) is 2.71. The van der Waals surface area contributed by atoms with Crippen molar-refractivity contribution in [1.82, 2.24) is 19.5 Å². The summed E-state index contributed by atoms with van der Waals surface area (Å²) in [6, 6.07) is 0. The number of hydrogen-bond donors (Lipinski definition) is 4. The van der Waals surface area contributed by atoms with E-state index in [0.29, 0.717) is 5.65 Å². The Labute approximate surface area is 119 Å². The monoisotopic (exact) mass is 299 g/mol. The number of fused-ring (bicyclic) bond motifs is 1. The largest absolute Gasteiger partial charge is 0.394 e. The molecule has 0 unspecified atom stereocenters. The van der Waals surface area contributed by atoms with E-state index in [1.807, 2.05) is 0 Å². The first-order valence-corrected chi connectivity index (χ1v) is 6.27. The number of aromatic amines is 1. The van der Waals surface area contributed by atoms with Gasteiger partial charge in [0.15, 0.2) is 11.2 Å². The molecule has 2 aromatic rings. The number of ether oxygens (including phenoxy) is 2. The van der Waals surface area contributed by atoms with Gasteiger partial charge < -0.3 is 25.4 Å². The van der Waals surface area contributed by atoms with Crippen molar-refractivity contribution in [2.75, 3.05) is 32.2 Å². The minimum atomic E-state index is -0.609. The van der Waals surface area contributed by atoms with Crippen molar-refractivity contribution in [2.45, 2.75) is 12.8 Å². The molecule has 0 atom stereocenters. The number of rotatable bonds is 8. The average Bonchev–Trinajstić information content (AvgIpc) is 2.86. The van der Waals surface area contributed by atoms with Crippen LogP contribution in [0.25, 0.3) is 11.2 Å². The van der Waals surface area contributed by atoms with Gasteiger partial charge in [0.2, 0.25) is 5.95 Å². The lowest BCUT2D eigenvalue weighted by molar-refractivity contribution is -0.0500. The number of nitrogens with zero attached hydrogens (tertiary/aromatic N) is 3. The molecule has 0 aromatic carbocycles. The van der Waals surface area contributed by atoms with Crippen molar-refractivity contribution in [1.29, 1.82) is 0 Å². The van der Waals surface area contributed by atoms with Crippen LogP contribution in [-0.2, 0) is 16.2 Å². The Morgan fingerprint density at radius 2 is 2.14 bits per heavy atom. The minimum absolute atomic E-state index is 0.00585. The molecular formula is C11H17N5O5. The van der Waals surface area contributed by atoms with Crippen molar-refractivity contribution in [2.24, 2.45) is 0 Å². The Morgan fingerprint density at radius 3 is 2.86 bits per heavy atom. The normalized spacial score (nSPS) is 11.6. The van der Waals surface area contributed by atoms with Crippen LogP contribution in [0.2, 0.25) is 0 Å². The third-order valence-corrected chi connectivity index (χ3v) is 2.71. The highest BCUT2D eigenvalue weighted by Gasteiger charge is 2.09. The van der Waals surface area contributed by atoms with Crippen molar-refractivity contribution < 1.29 is 19.7 Å². The molecule has 0 fully saturated rings. The Bertz CT molecular complexity index is 635. The van der Waals surface area contributed by atoms with Gasteiger partial charge >= 0.3 is 0 Å². The van der Waals surface area contributed by atoms with Crippen molar-refractivity contribution >= 4 is 17.1 Å². The number of hydrogen-bond acceptors (Lipinski definition) is 8. The van der Waals surface area contributed by atoms with Crippen LogP contribution in [-0.4, -0.2) is 62.3 Å². The first-order valence-electron chi connectivity index (χ1n) is 6.27. The van der Waals surface area contributed by atoms with Gasteiger partial charge in [-0.3, -0.25) is 14.3 Å². The second-order valence-corrected chi connectivity index (χ2v) is 4.23. The molecule has 21 heavy (non-hydrogen) atoms. The molecule has 0 aliphatic heterocycles. The first-order chi connectivity index (χ1) is 10.2. The molecule has 0 amide bonds. The number of imidazole rings is 1. The molecule has 0 saturated carbocycles. The number of nitrogen functional groups attached to an aromatic ring is 1. The summed E-state index contributed by atoms with van der Waals surface area (Å²) in [5.41, 5.74) is 5.59. The van der Waals surface area contributed by atoms with E-state index < -0.39 is 11.7 Å². The van der Waals surface area contributed by atoms with Gasteiger partial charge in [-0.15, -0.1) is 0 Å². The summed E-state index contributed by atoms with van der Waals surface area (Å²) in [6.07, 6.45) is 0.819. The van der Waals surface area contributed by atoms with E-state index in [9.17, 15) is 4.79 Å². The van der Waals surface area contributed by atoms with E-state index in [1.54, 1.807) is 0 Å². The quantitative estimate of drug-likeness (QED) is 0.411. The van der Waals surface area contributed by atoms with Gasteiger partial charge in [0.25, 0.3) is 5.56 Å². The van der Waals surface area contributed by atoms with Gasteiger partial charge in [-0.25, -0.2) is 4.98 Å². The smallest absolute Gasteiger partial charge is 0.280 e. The molecule has 10 heteroatoms. The van der Waals surface area contributed by atoms with Crippen molar-refractivity contribution in [3.05, 3.63) is 16.7 Å². The maximum absolute atomic E-state index is 11.6. The molecule has 0 aliphatic carbocycles. The number of aliphatic hydroxyl groups is 2. The van der Waals surface area contributed by atoms with Crippen molar-refractivity contribution in [3.8, 4) is 0 Å². The number of aromatic nitrogens is 4. The molecule has 0 saturated heterocycles. The lowest BCUT2D eigenvalue weighted by Gasteiger charge is -2.12. The molecule has 2 rings (SSSR count). The number of anilines is 1. The van der Waals surface area contributed by atoms with E-state index in [2.05, 4.69) is 15.0 Å². The third kappa shape index (κ3) is 3.76. The molecular weight excluding hydrogens is 282 g/mol. The highest BCUT2D eigenvalue weighted by molar-refractivity contribution is 5.70. The number of nitrogens with one attached hydrogen (secondary N) is 1. The van der Waals surface area contributed by atoms with E-state index in [1.165, 1.54) is 10.9 Å². The van der Waals surface area contributed by atoms with Gasteiger partial charge in [0.05, 0.1) is 32.8 Å².